The topological polar surface area (TPSA) is 63.6 Å². The van der Waals surface area contributed by atoms with E-state index in [0.29, 0.717) is 35.5 Å². The number of carbonyl (C=O) groups excluding carboxylic acids is 1. The fraction of sp³-hybridized carbons (Fsp3) is 0.889. The molecule has 4 saturated carbocycles. The predicted octanol–water partition coefficient (Wildman–Crippen LogP) is 2.96. The highest BCUT2D eigenvalue weighted by molar-refractivity contribution is 5.73. The summed E-state index contributed by atoms with van der Waals surface area (Å²) in [6.45, 7) is 3.94. The second-order valence-electron chi connectivity index (χ2n) is 8.10. The molecule has 0 saturated heterocycles. The van der Waals surface area contributed by atoms with Gasteiger partial charge in [0, 0.05) is 0 Å². The minimum absolute atomic E-state index is 0.0262. The number of ether oxygens (including phenoxy) is 1. The summed E-state index contributed by atoms with van der Waals surface area (Å²) in [7, 11) is 0. The molecule has 4 aliphatic carbocycles. The largest absolute Gasteiger partial charge is 0.481 e. The fourth-order valence-corrected chi connectivity index (χ4v) is 6.49. The Kier molecular flexibility index (Phi) is 3.28. The number of rotatable bonds is 4. The molecule has 122 valence electrons. The molecule has 22 heavy (non-hydrogen) atoms. The van der Waals surface area contributed by atoms with Crippen molar-refractivity contribution < 1.29 is 19.4 Å². The van der Waals surface area contributed by atoms with E-state index in [0.717, 1.165) is 32.1 Å². The van der Waals surface area contributed by atoms with Crippen LogP contribution in [0.2, 0.25) is 0 Å². The van der Waals surface area contributed by atoms with Crippen LogP contribution in [0.1, 0.15) is 46.0 Å². The molecule has 1 N–H and O–H groups in total. The van der Waals surface area contributed by atoms with Gasteiger partial charge in [0.25, 0.3) is 0 Å². The van der Waals surface area contributed by atoms with Crippen LogP contribution >= 0.6 is 0 Å². The molecule has 4 rings (SSSR count). The van der Waals surface area contributed by atoms with Gasteiger partial charge in [-0.1, -0.05) is 13.8 Å². The van der Waals surface area contributed by atoms with Crippen molar-refractivity contribution in [3.05, 3.63) is 0 Å². The van der Waals surface area contributed by atoms with Gasteiger partial charge in [-0.25, -0.2) is 0 Å². The summed E-state index contributed by atoms with van der Waals surface area (Å²) in [6.07, 6.45) is 5.18. The van der Waals surface area contributed by atoms with Gasteiger partial charge in [0.1, 0.15) is 6.10 Å². The van der Waals surface area contributed by atoms with Crippen molar-refractivity contribution in [1.29, 1.82) is 0 Å². The van der Waals surface area contributed by atoms with Crippen molar-refractivity contribution in [1.82, 2.24) is 0 Å². The van der Waals surface area contributed by atoms with Gasteiger partial charge >= 0.3 is 11.9 Å². The van der Waals surface area contributed by atoms with Gasteiger partial charge in [-0.15, -0.1) is 0 Å². The van der Waals surface area contributed by atoms with Crippen molar-refractivity contribution in [3.8, 4) is 0 Å². The molecular weight excluding hydrogens is 280 g/mol. The van der Waals surface area contributed by atoms with E-state index in [1.54, 1.807) is 0 Å². The van der Waals surface area contributed by atoms with Gasteiger partial charge in [0.05, 0.1) is 11.8 Å². The first-order chi connectivity index (χ1) is 10.5. The number of carboxylic acids is 1. The van der Waals surface area contributed by atoms with E-state index >= 15 is 0 Å². The number of carbonyl (C=O) groups is 2. The maximum atomic E-state index is 12.1. The lowest BCUT2D eigenvalue weighted by molar-refractivity contribution is -0.158. The van der Waals surface area contributed by atoms with E-state index < -0.39 is 5.97 Å². The zero-order chi connectivity index (χ0) is 15.6. The molecule has 0 heterocycles. The first kappa shape index (κ1) is 14.5. The van der Waals surface area contributed by atoms with Crippen LogP contribution in [0.25, 0.3) is 0 Å². The monoisotopic (exact) mass is 306 g/mol. The van der Waals surface area contributed by atoms with E-state index in [-0.39, 0.29) is 23.9 Å². The van der Waals surface area contributed by atoms with Gasteiger partial charge in [0.15, 0.2) is 0 Å². The SMILES string of the molecule is CCC(C)C(=O)OC1CC2CC1C1C3CCC(C3C(=O)O)C21. The summed E-state index contributed by atoms with van der Waals surface area (Å²) < 4.78 is 5.82. The second-order valence-corrected chi connectivity index (χ2v) is 8.10. The van der Waals surface area contributed by atoms with Gasteiger partial charge in [-0.3, -0.25) is 9.59 Å². The quantitative estimate of drug-likeness (QED) is 0.640. The first-order valence-corrected chi connectivity index (χ1v) is 8.96. The molecule has 0 aromatic rings. The summed E-state index contributed by atoms with van der Waals surface area (Å²) >= 11 is 0. The summed E-state index contributed by atoms with van der Waals surface area (Å²) in [6, 6.07) is 0. The Morgan fingerprint density at radius 2 is 1.82 bits per heavy atom. The number of carboxylic acid groups (broad SMARTS) is 1. The minimum Gasteiger partial charge on any atom is -0.481 e. The Bertz CT molecular complexity index is 501. The van der Waals surface area contributed by atoms with Crippen LogP contribution in [0.5, 0.6) is 0 Å². The van der Waals surface area contributed by atoms with Crippen LogP contribution < -0.4 is 0 Å². The molecule has 0 aromatic carbocycles. The minimum atomic E-state index is -0.588. The number of hydrogen-bond donors (Lipinski definition) is 1. The standard InChI is InChI=1S/C18H26O4/c1-3-8(2)18(21)22-13-7-9-6-12(13)15-11-5-4-10(14(9)15)16(11)17(19)20/h8-16H,3-7H2,1-2H3,(H,19,20). The van der Waals surface area contributed by atoms with Crippen LogP contribution in [0, 0.1) is 47.3 Å². The molecule has 9 atom stereocenters. The molecule has 4 heteroatoms. The third-order valence-electron chi connectivity index (χ3n) is 7.38. The van der Waals surface area contributed by atoms with Crippen molar-refractivity contribution in [2.24, 2.45) is 47.3 Å². The molecule has 9 unspecified atom stereocenters. The molecule has 0 aliphatic heterocycles. The number of hydrogen-bond acceptors (Lipinski definition) is 3. The average Bonchev–Trinajstić information content (AvgIpc) is 3.22. The molecule has 0 amide bonds. The van der Waals surface area contributed by atoms with E-state index in [4.69, 9.17) is 4.74 Å². The second kappa shape index (κ2) is 4.97. The van der Waals surface area contributed by atoms with Crippen molar-refractivity contribution in [2.75, 3.05) is 0 Å². The molecule has 4 nitrogen and oxygen atoms in total. The van der Waals surface area contributed by atoms with Gasteiger partial charge in [-0.2, -0.15) is 0 Å². The summed E-state index contributed by atoms with van der Waals surface area (Å²) in [5.74, 6) is 2.08. The molecule has 4 fully saturated rings. The lowest BCUT2D eigenvalue weighted by Gasteiger charge is -2.38. The van der Waals surface area contributed by atoms with E-state index in [1.807, 2.05) is 13.8 Å². The van der Waals surface area contributed by atoms with Crippen molar-refractivity contribution in [2.45, 2.75) is 52.1 Å². The number of esters is 1. The smallest absolute Gasteiger partial charge is 0.308 e. The highest BCUT2D eigenvalue weighted by atomic mass is 16.5. The molecule has 0 spiro atoms. The maximum Gasteiger partial charge on any atom is 0.308 e. The van der Waals surface area contributed by atoms with E-state index in [2.05, 4.69) is 0 Å². The Morgan fingerprint density at radius 1 is 1.14 bits per heavy atom. The molecule has 0 radical (unpaired) electrons. The van der Waals surface area contributed by atoms with Crippen LogP contribution in [0.4, 0.5) is 0 Å². The van der Waals surface area contributed by atoms with Crippen LogP contribution in [-0.4, -0.2) is 23.1 Å². The molecule has 4 bridgehead atoms. The Balaban J connectivity index is 1.51. The molecule has 0 aromatic heterocycles. The Morgan fingerprint density at radius 3 is 2.45 bits per heavy atom. The fourth-order valence-electron chi connectivity index (χ4n) is 6.49. The zero-order valence-corrected chi connectivity index (χ0v) is 13.4. The third kappa shape index (κ3) is 1.82. The van der Waals surface area contributed by atoms with Crippen LogP contribution in [-0.2, 0) is 14.3 Å². The lowest BCUT2D eigenvalue weighted by atomic mass is 9.70. The number of aliphatic carboxylic acids is 1. The van der Waals surface area contributed by atoms with Crippen molar-refractivity contribution in [3.63, 3.8) is 0 Å². The van der Waals surface area contributed by atoms with Crippen molar-refractivity contribution >= 4 is 11.9 Å². The number of fused-ring (bicyclic) bond motifs is 9. The summed E-state index contributed by atoms with van der Waals surface area (Å²) in [5.41, 5.74) is 0. The van der Waals surface area contributed by atoms with Gasteiger partial charge in [-0.05, 0) is 67.6 Å². The highest BCUT2D eigenvalue weighted by Crippen LogP contribution is 2.69. The molecular formula is C18H26O4. The zero-order valence-electron chi connectivity index (χ0n) is 13.4. The van der Waals surface area contributed by atoms with Gasteiger partial charge in [0.2, 0.25) is 0 Å². The van der Waals surface area contributed by atoms with Gasteiger partial charge < -0.3 is 9.84 Å². The normalized spacial score (nSPS) is 49.2. The highest BCUT2D eigenvalue weighted by Gasteiger charge is 2.68. The van der Waals surface area contributed by atoms with E-state index in [1.165, 1.54) is 0 Å². The Hall–Kier alpha value is -1.06. The lowest BCUT2D eigenvalue weighted by Crippen LogP contribution is -2.38. The predicted molar refractivity (Wildman–Crippen MR) is 79.9 cm³/mol. The Labute approximate surface area is 131 Å². The maximum absolute atomic E-state index is 12.1. The first-order valence-electron chi connectivity index (χ1n) is 8.96. The van der Waals surface area contributed by atoms with Crippen LogP contribution in [0.3, 0.4) is 0 Å². The molecule has 4 aliphatic rings. The van der Waals surface area contributed by atoms with Crippen LogP contribution in [0.15, 0.2) is 0 Å². The average molecular weight is 306 g/mol. The van der Waals surface area contributed by atoms with E-state index in [9.17, 15) is 14.7 Å². The third-order valence-corrected chi connectivity index (χ3v) is 7.38. The summed E-state index contributed by atoms with van der Waals surface area (Å²) in [5, 5.41) is 9.57. The summed E-state index contributed by atoms with van der Waals surface area (Å²) in [4.78, 5) is 23.7.